The number of hydrogen-bond donors (Lipinski definition) is 0. The summed E-state index contributed by atoms with van der Waals surface area (Å²) in [5.41, 5.74) is 7.58. The molecule has 7 rings (SSSR count). The minimum absolute atomic E-state index is 0.957. The van der Waals surface area contributed by atoms with Gasteiger partial charge in [0.1, 0.15) is 11.2 Å². The Morgan fingerprint density at radius 1 is 0.536 bits per heavy atom. The van der Waals surface area contributed by atoms with E-state index in [1.807, 2.05) is 6.07 Å². The molecule has 1 aromatic heterocycles. The second-order valence-electron chi connectivity index (χ2n) is 7.70. The highest BCUT2D eigenvalue weighted by Crippen LogP contribution is 2.47. The van der Waals surface area contributed by atoms with Crippen LogP contribution in [-0.2, 0) is 6.42 Å². The minimum atomic E-state index is 0.957. The Morgan fingerprint density at radius 2 is 1.29 bits per heavy atom. The van der Waals surface area contributed by atoms with Crippen LogP contribution in [-0.4, -0.2) is 0 Å². The summed E-state index contributed by atoms with van der Waals surface area (Å²) in [6.07, 6.45) is 0.994. The van der Waals surface area contributed by atoms with E-state index >= 15 is 0 Å². The lowest BCUT2D eigenvalue weighted by Crippen LogP contribution is -1.88. The van der Waals surface area contributed by atoms with Gasteiger partial charge in [0.2, 0.25) is 0 Å². The quantitative estimate of drug-likeness (QED) is 0.257. The number of hydrogen-bond acceptors (Lipinski definition) is 1. The van der Waals surface area contributed by atoms with Crippen molar-refractivity contribution >= 4 is 43.5 Å². The third kappa shape index (κ3) is 1.67. The zero-order valence-electron chi connectivity index (χ0n) is 15.2. The lowest BCUT2D eigenvalue weighted by Gasteiger charge is -2.11. The first-order valence-corrected chi connectivity index (χ1v) is 9.76. The van der Waals surface area contributed by atoms with Crippen molar-refractivity contribution in [1.29, 1.82) is 0 Å². The third-order valence-corrected chi connectivity index (χ3v) is 6.29. The lowest BCUT2D eigenvalue weighted by molar-refractivity contribution is 0.673. The molecular formula is C27H16O. The Hall–Kier alpha value is -3.58. The fraction of sp³-hybridized carbons (Fsp3) is 0.0370. The molecule has 0 radical (unpaired) electrons. The Morgan fingerprint density at radius 3 is 2.21 bits per heavy atom. The van der Waals surface area contributed by atoms with Crippen LogP contribution >= 0.6 is 0 Å². The van der Waals surface area contributed by atoms with Crippen molar-refractivity contribution in [1.82, 2.24) is 0 Å². The summed E-state index contributed by atoms with van der Waals surface area (Å²) in [6, 6.07) is 30.5. The lowest BCUT2D eigenvalue weighted by atomic mass is 9.91. The molecule has 0 amide bonds. The smallest absolute Gasteiger partial charge is 0.143 e. The van der Waals surface area contributed by atoms with E-state index in [0.29, 0.717) is 0 Å². The van der Waals surface area contributed by atoms with E-state index in [9.17, 15) is 0 Å². The molecule has 0 fully saturated rings. The molecule has 1 aliphatic carbocycles. The Balaban J connectivity index is 1.78. The molecule has 0 atom stereocenters. The van der Waals surface area contributed by atoms with E-state index < -0.39 is 0 Å². The Kier molecular flexibility index (Phi) is 2.60. The van der Waals surface area contributed by atoms with Gasteiger partial charge in [-0.05, 0) is 50.9 Å². The molecule has 1 heteroatoms. The van der Waals surface area contributed by atoms with E-state index in [1.165, 1.54) is 54.6 Å². The Labute approximate surface area is 161 Å². The molecule has 6 aromatic rings. The van der Waals surface area contributed by atoms with Gasteiger partial charge >= 0.3 is 0 Å². The topological polar surface area (TPSA) is 13.1 Å². The molecule has 0 saturated carbocycles. The highest BCUT2D eigenvalue weighted by Gasteiger charge is 2.24. The number of fused-ring (bicyclic) bond motifs is 12. The number of benzene rings is 5. The van der Waals surface area contributed by atoms with Crippen molar-refractivity contribution < 1.29 is 4.42 Å². The van der Waals surface area contributed by atoms with Crippen LogP contribution in [0.2, 0.25) is 0 Å². The van der Waals surface area contributed by atoms with Crippen LogP contribution in [0.3, 0.4) is 0 Å². The number of furan rings is 1. The molecule has 130 valence electrons. The van der Waals surface area contributed by atoms with Crippen molar-refractivity contribution in [3.05, 3.63) is 96.1 Å². The molecule has 0 saturated heterocycles. The SMILES string of the molecule is c1ccc2c(c1)Cc1c-2ccc2c1c1ccccc1c1oc3ccccc3c21. The second-order valence-corrected chi connectivity index (χ2v) is 7.70. The summed E-state index contributed by atoms with van der Waals surface area (Å²) in [4.78, 5) is 0. The largest absolute Gasteiger partial charge is 0.455 e. The van der Waals surface area contributed by atoms with Crippen molar-refractivity contribution in [2.24, 2.45) is 0 Å². The minimum Gasteiger partial charge on any atom is -0.455 e. The van der Waals surface area contributed by atoms with Gasteiger partial charge in [0.25, 0.3) is 0 Å². The van der Waals surface area contributed by atoms with Crippen molar-refractivity contribution in [3.63, 3.8) is 0 Å². The average Bonchev–Trinajstić information content (AvgIpc) is 3.32. The Bertz CT molecular complexity index is 1580. The van der Waals surface area contributed by atoms with Gasteiger partial charge in [0.15, 0.2) is 0 Å². The molecule has 28 heavy (non-hydrogen) atoms. The predicted molar refractivity (Wildman–Crippen MR) is 117 cm³/mol. The molecule has 1 nitrogen and oxygen atoms in total. The zero-order chi connectivity index (χ0) is 18.2. The van der Waals surface area contributed by atoms with Crippen LogP contribution in [0, 0.1) is 0 Å². The zero-order valence-corrected chi connectivity index (χ0v) is 15.2. The summed E-state index contributed by atoms with van der Waals surface area (Å²) in [5.74, 6) is 0. The predicted octanol–water partition coefficient (Wildman–Crippen LogP) is 7.46. The maximum atomic E-state index is 6.36. The van der Waals surface area contributed by atoms with Crippen LogP contribution in [0.15, 0.2) is 89.3 Å². The summed E-state index contributed by atoms with van der Waals surface area (Å²) in [7, 11) is 0. The highest BCUT2D eigenvalue weighted by atomic mass is 16.3. The van der Waals surface area contributed by atoms with Crippen LogP contribution in [0.5, 0.6) is 0 Å². The van der Waals surface area contributed by atoms with E-state index in [4.69, 9.17) is 4.42 Å². The third-order valence-electron chi connectivity index (χ3n) is 6.29. The van der Waals surface area contributed by atoms with Gasteiger partial charge in [-0.15, -0.1) is 0 Å². The first kappa shape index (κ1) is 14.5. The first-order chi connectivity index (χ1) is 13.9. The second kappa shape index (κ2) is 5.02. The normalized spacial score (nSPS) is 12.9. The summed E-state index contributed by atoms with van der Waals surface area (Å²) in [6.45, 7) is 0. The molecule has 0 N–H and O–H groups in total. The van der Waals surface area contributed by atoms with Gasteiger partial charge < -0.3 is 4.42 Å². The maximum absolute atomic E-state index is 6.36. The van der Waals surface area contributed by atoms with Gasteiger partial charge in [-0.25, -0.2) is 0 Å². The van der Waals surface area contributed by atoms with E-state index in [0.717, 1.165) is 17.6 Å². The highest BCUT2D eigenvalue weighted by molar-refractivity contribution is 6.31. The van der Waals surface area contributed by atoms with Gasteiger partial charge in [-0.3, -0.25) is 0 Å². The van der Waals surface area contributed by atoms with Gasteiger partial charge in [0, 0.05) is 16.2 Å². The number of para-hydroxylation sites is 1. The van der Waals surface area contributed by atoms with Crippen molar-refractivity contribution in [2.45, 2.75) is 6.42 Å². The van der Waals surface area contributed by atoms with Crippen molar-refractivity contribution in [3.8, 4) is 11.1 Å². The summed E-state index contributed by atoms with van der Waals surface area (Å²) >= 11 is 0. The maximum Gasteiger partial charge on any atom is 0.143 e. The van der Waals surface area contributed by atoms with Crippen LogP contribution in [0.1, 0.15) is 11.1 Å². The molecule has 0 spiro atoms. The van der Waals surface area contributed by atoms with Gasteiger partial charge in [0.05, 0.1) is 0 Å². The fourth-order valence-electron chi connectivity index (χ4n) is 5.13. The molecule has 1 aliphatic rings. The molecular weight excluding hydrogens is 340 g/mol. The van der Waals surface area contributed by atoms with Gasteiger partial charge in [-0.1, -0.05) is 78.9 Å². The van der Waals surface area contributed by atoms with Crippen molar-refractivity contribution in [2.75, 3.05) is 0 Å². The van der Waals surface area contributed by atoms with Crippen LogP contribution in [0.4, 0.5) is 0 Å². The average molecular weight is 356 g/mol. The molecule has 0 unspecified atom stereocenters. The summed E-state index contributed by atoms with van der Waals surface area (Å²) < 4.78 is 6.36. The summed E-state index contributed by atoms with van der Waals surface area (Å²) in [5, 5.41) is 7.60. The standard InChI is InChI=1S/C27H16O/c1-2-8-17-16(7-1)15-23-18(17)13-14-22-25(23)19-9-3-4-10-20(19)27-26(22)21-11-5-6-12-24(21)28-27/h1-14H,15H2. The molecule has 5 aromatic carbocycles. The monoisotopic (exact) mass is 356 g/mol. The van der Waals surface area contributed by atoms with Gasteiger partial charge in [-0.2, -0.15) is 0 Å². The fourth-order valence-corrected chi connectivity index (χ4v) is 5.13. The molecule has 0 aliphatic heterocycles. The van der Waals surface area contributed by atoms with Crippen LogP contribution < -0.4 is 0 Å². The number of rotatable bonds is 0. The van der Waals surface area contributed by atoms with Crippen LogP contribution in [0.25, 0.3) is 54.6 Å². The molecule has 0 bridgehead atoms. The molecule has 1 heterocycles. The van der Waals surface area contributed by atoms with E-state index in [-0.39, 0.29) is 0 Å². The van der Waals surface area contributed by atoms with E-state index in [2.05, 4.69) is 78.9 Å². The first-order valence-electron chi connectivity index (χ1n) is 9.76. The van der Waals surface area contributed by atoms with E-state index in [1.54, 1.807) is 0 Å².